The van der Waals surface area contributed by atoms with Crippen LogP contribution in [0.3, 0.4) is 0 Å². The van der Waals surface area contributed by atoms with Crippen LogP contribution in [0.1, 0.15) is 76.0 Å². The minimum atomic E-state index is -0.178. The van der Waals surface area contributed by atoms with E-state index in [1.54, 1.807) is 0 Å². The summed E-state index contributed by atoms with van der Waals surface area (Å²) in [5.74, 6) is 1.93. The van der Waals surface area contributed by atoms with E-state index < -0.39 is 0 Å². The van der Waals surface area contributed by atoms with E-state index in [9.17, 15) is 4.79 Å². The molecule has 1 aromatic heterocycles. The number of aryl methyl sites for hydroxylation is 1. The smallest absolute Gasteiger partial charge is 0.319 e. The Balaban J connectivity index is 1.43. The molecule has 156 valence electrons. The van der Waals surface area contributed by atoms with Crippen LogP contribution in [0.2, 0.25) is 0 Å². The van der Waals surface area contributed by atoms with Crippen LogP contribution in [0.4, 0.5) is 10.5 Å². The molecule has 7 heteroatoms. The first-order valence-corrected chi connectivity index (χ1v) is 11.9. The molecule has 0 spiro atoms. The Kier molecular flexibility index (Phi) is 6.74. The molecule has 2 N–H and O–H groups in total. The highest BCUT2D eigenvalue weighted by Crippen LogP contribution is 2.38. The number of carbonyl (C=O) groups excluding carboxylic acids is 1. The second-order valence-electron chi connectivity index (χ2n) is 8.02. The number of benzene rings is 1. The molecule has 2 amide bonds. The molecule has 1 aromatic carbocycles. The van der Waals surface area contributed by atoms with Crippen molar-refractivity contribution in [2.24, 2.45) is 0 Å². The number of urea groups is 1. The predicted octanol–water partition coefficient (Wildman–Crippen LogP) is 5.31. The Morgan fingerprint density at radius 2 is 2.00 bits per heavy atom. The van der Waals surface area contributed by atoms with Crippen molar-refractivity contribution in [3.63, 3.8) is 0 Å². The van der Waals surface area contributed by atoms with E-state index >= 15 is 0 Å². The van der Waals surface area contributed by atoms with Crippen LogP contribution >= 0.6 is 11.8 Å². The van der Waals surface area contributed by atoms with Crippen molar-refractivity contribution < 1.29 is 4.79 Å². The second kappa shape index (κ2) is 9.65. The lowest BCUT2D eigenvalue weighted by molar-refractivity contribution is 0.247. The summed E-state index contributed by atoms with van der Waals surface area (Å²) in [7, 11) is 0. The van der Waals surface area contributed by atoms with E-state index in [0.29, 0.717) is 5.25 Å². The summed E-state index contributed by atoms with van der Waals surface area (Å²) in [5, 5.41) is 15.7. The van der Waals surface area contributed by atoms with Gasteiger partial charge in [0.2, 0.25) is 0 Å². The van der Waals surface area contributed by atoms with Gasteiger partial charge in [-0.2, -0.15) is 0 Å². The second-order valence-corrected chi connectivity index (χ2v) is 9.36. The van der Waals surface area contributed by atoms with E-state index in [1.807, 2.05) is 30.0 Å². The maximum Gasteiger partial charge on any atom is 0.319 e. The number of carbonyl (C=O) groups is 1. The van der Waals surface area contributed by atoms with Gasteiger partial charge in [0.05, 0.1) is 11.7 Å². The van der Waals surface area contributed by atoms with Crippen LogP contribution in [0, 0.1) is 0 Å². The lowest BCUT2D eigenvalue weighted by Gasteiger charge is -2.19. The SMILES string of the molecule is CC[C@@H](NC(=O)Nc1ccccc1SC1CCCC1)c1nnc2n1CCCCC2. The number of hydrogen-bond acceptors (Lipinski definition) is 4. The minimum Gasteiger partial charge on any atom is -0.328 e. The summed E-state index contributed by atoms with van der Waals surface area (Å²) in [6, 6.07) is 7.80. The van der Waals surface area contributed by atoms with Crippen molar-refractivity contribution in [3.8, 4) is 0 Å². The molecule has 1 atom stereocenters. The molecule has 1 fully saturated rings. The van der Waals surface area contributed by atoms with Gasteiger partial charge in [-0.05, 0) is 44.2 Å². The standard InChI is InChI=1S/C22H31N5OS/c1-2-17(21-26-25-20-14-4-3-9-15-27(20)21)23-22(28)24-18-12-7-8-13-19(18)29-16-10-5-6-11-16/h7-8,12-13,16-17H,2-6,9-11,14-15H2,1H3,(H2,23,24,28)/t17-/m1/s1. The van der Waals surface area contributed by atoms with Crippen molar-refractivity contribution in [1.29, 1.82) is 0 Å². The Labute approximate surface area is 177 Å². The Morgan fingerprint density at radius 3 is 2.83 bits per heavy atom. The maximum absolute atomic E-state index is 12.8. The zero-order chi connectivity index (χ0) is 20.1. The van der Waals surface area contributed by atoms with Crippen LogP contribution < -0.4 is 10.6 Å². The minimum absolute atomic E-state index is 0.135. The number of rotatable bonds is 6. The van der Waals surface area contributed by atoms with Gasteiger partial charge in [0, 0.05) is 23.1 Å². The summed E-state index contributed by atoms with van der Waals surface area (Å²) in [5.41, 5.74) is 0.886. The fourth-order valence-corrected chi connectivity index (χ4v) is 5.62. The van der Waals surface area contributed by atoms with Crippen LogP contribution in [0.15, 0.2) is 29.2 Å². The highest BCUT2D eigenvalue weighted by Gasteiger charge is 2.23. The van der Waals surface area contributed by atoms with Crippen LogP contribution in [-0.2, 0) is 13.0 Å². The molecule has 0 saturated heterocycles. The number of amides is 2. The normalized spacial score (nSPS) is 18.1. The first-order valence-electron chi connectivity index (χ1n) is 11.0. The first-order chi connectivity index (χ1) is 14.2. The molecule has 0 bridgehead atoms. The summed E-state index contributed by atoms with van der Waals surface area (Å²) < 4.78 is 2.21. The molecule has 4 rings (SSSR count). The molecule has 2 aromatic rings. The van der Waals surface area contributed by atoms with Gasteiger partial charge < -0.3 is 15.2 Å². The molecular formula is C22H31N5OS. The molecule has 1 aliphatic carbocycles. The quantitative estimate of drug-likeness (QED) is 0.673. The monoisotopic (exact) mass is 413 g/mol. The molecule has 29 heavy (non-hydrogen) atoms. The Bertz CT molecular complexity index is 830. The molecular weight excluding hydrogens is 382 g/mol. The van der Waals surface area contributed by atoms with Crippen LogP contribution in [0.5, 0.6) is 0 Å². The van der Waals surface area contributed by atoms with Crippen molar-refractivity contribution in [2.75, 3.05) is 5.32 Å². The molecule has 6 nitrogen and oxygen atoms in total. The lowest BCUT2D eigenvalue weighted by atomic mass is 10.2. The lowest BCUT2D eigenvalue weighted by Crippen LogP contribution is -2.34. The van der Waals surface area contributed by atoms with E-state index in [0.717, 1.165) is 54.5 Å². The predicted molar refractivity (Wildman–Crippen MR) is 117 cm³/mol. The van der Waals surface area contributed by atoms with Crippen LogP contribution in [-0.4, -0.2) is 26.0 Å². The van der Waals surface area contributed by atoms with E-state index in [2.05, 4.69) is 38.4 Å². The molecule has 1 saturated carbocycles. The van der Waals surface area contributed by atoms with Crippen molar-refractivity contribution in [3.05, 3.63) is 35.9 Å². The van der Waals surface area contributed by atoms with E-state index in [1.165, 1.54) is 32.1 Å². The molecule has 1 aliphatic heterocycles. The summed E-state index contributed by atoms with van der Waals surface area (Å²) in [6.07, 6.45) is 10.4. The Hall–Kier alpha value is -2.02. The van der Waals surface area contributed by atoms with Crippen molar-refractivity contribution in [2.45, 2.75) is 87.4 Å². The van der Waals surface area contributed by atoms with Gasteiger partial charge in [0.15, 0.2) is 5.82 Å². The van der Waals surface area contributed by atoms with Gasteiger partial charge >= 0.3 is 6.03 Å². The molecule has 0 radical (unpaired) electrons. The third-order valence-corrected chi connectivity index (χ3v) is 7.31. The third kappa shape index (κ3) is 4.94. The summed E-state index contributed by atoms with van der Waals surface area (Å²) >= 11 is 1.89. The summed E-state index contributed by atoms with van der Waals surface area (Å²) in [6.45, 7) is 3.02. The van der Waals surface area contributed by atoms with Gasteiger partial charge in [-0.15, -0.1) is 22.0 Å². The van der Waals surface area contributed by atoms with Gasteiger partial charge in [-0.3, -0.25) is 0 Å². The van der Waals surface area contributed by atoms with Crippen molar-refractivity contribution in [1.82, 2.24) is 20.1 Å². The molecule has 0 unspecified atom stereocenters. The van der Waals surface area contributed by atoms with Gasteiger partial charge in [0.25, 0.3) is 0 Å². The zero-order valence-electron chi connectivity index (χ0n) is 17.2. The average molecular weight is 414 g/mol. The largest absolute Gasteiger partial charge is 0.328 e. The highest BCUT2D eigenvalue weighted by molar-refractivity contribution is 8.00. The van der Waals surface area contributed by atoms with Gasteiger partial charge in [-0.1, -0.05) is 38.3 Å². The number of anilines is 1. The fraction of sp³-hybridized carbons (Fsp3) is 0.591. The van der Waals surface area contributed by atoms with E-state index in [4.69, 9.17) is 0 Å². The number of nitrogens with one attached hydrogen (secondary N) is 2. The highest BCUT2D eigenvalue weighted by atomic mass is 32.2. The number of hydrogen-bond donors (Lipinski definition) is 2. The average Bonchev–Trinajstić information content (AvgIpc) is 3.32. The Morgan fingerprint density at radius 1 is 1.17 bits per heavy atom. The topological polar surface area (TPSA) is 71.8 Å². The number of thioether (sulfide) groups is 1. The first kappa shape index (κ1) is 20.3. The van der Waals surface area contributed by atoms with Gasteiger partial charge in [-0.25, -0.2) is 4.79 Å². The summed E-state index contributed by atoms with van der Waals surface area (Å²) in [4.78, 5) is 14.0. The maximum atomic E-state index is 12.8. The van der Waals surface area contributed by atoms with E-state index in [-0.39, 0.29) is 12.1 Å². The third-order valence-electron chi connectivity index (χ3n) is 5.89. The number of fused-ring (bicyclic) bond motifs is 1. The zero-order valence-corrected chi connectivity index (χ0v) is 18.0. The number of nitrogens with zero attached hydrogens (tertiary/aromatic N) is 3. The molecule has 2 heterocycles. The fourth-order valence-electron chi connectivity index (χ4n) is 4.29. The molecule has 2 aliphatic rings. The number of aromatic nitrogens is 3. The van der Waals surface area contributed by atoms with Gasteiger partial charge in [0.1, 0.15) is 5.82 Å². The number of para-hydroxylation sites is 1. The van der Waals surface area contributed by atoms with Crippen molar-refractivity contribution >= 4 is 23.5 Å². The van der Waals surface area contributed by atoms with Crippen LogP contribution in [0.25, 0.3) is 0 Å².